The van der Waals surface area contributed by atoms with E-state index >= 15 is 0 Å². The Bertz CT molecular complexity index is 297. The standard InChI is InChI=1S/C9H18N2O2S.ClH/c1-14(12,13)11(8-2-3-8)9-4-6-10-7-5-9;/h8-10H,2-7H2,1H3;1H. The zero-order chi connectivity index (χ0) is 10.2. The van der Waals surface area contributed by atoms with Crippen LogP contribution in [0.5, 0.6) is 0 Å². The van der Waals surface area contributed by atoms with E-state index in [-0.39, 0.29) is 18.4 Å². The van der Waals surface area contributed by atoms with E-state index in [9.17, 15) is 8.42 Å². The van der Waals surface area contributed by atoms with Gasteiger partial charge in [-0.1, -0.05) is 0 Å². The molecule has 1 saturated heterocycles. The van der Waals surface area contributed by atoms with Crippen molar-refractivity contribution in [3.63, 3.8) is 0 Å². The molecule has 15 heavy (non-hydrogen) atoms. The van der Waals surface area contributed by atoms with Crippen molar-refractivity contribution < 1.29 is 8.42 Å². The molecule has 0 spiro atoms. The minimum atomic E-state index is -3.00. The van der Waals surface area contributed by atoms with Crippen molar-refractivity contribution in [2.45, 2.75) is 37.8 Å². The Morgan fingerprint density at radius 1 is 1.07 bits per heavy atom. The Labute approximate surface area is 97.9 Å². The van der Waals surface area contributed by atoms with Gasteiger partial charge in [0.2, 0.25) is 10.0 Å². The van der Waals surface area contributed by atoms with Gasteiger partial charge in [-0.3, -0.25) is 0 Å². The van der Waals surface area contributed by atoms with Gasteiger partial charge in [-0.2, -0.15) is 4.31 Å². The zero-order valence-electron chi connectivity index (χ0n) is 8.98. The van der Waals surface area contributed by atoms with Crippen LogP contribution in [-0.4, -0.2) is 44.2 Å². The van der Waals surface area contributed by atoms with Crippen LogP contribution in [0.1, 0.15) is 25.7 Å². The van der Waals surface area contributed by atoms with Crippen LogP contribution in [0.4, 0.5) is 0 Å². The average molecular weight is 255 g/mol. The van der Waals surface area contributed by atoms with Crippen molar-refractivity contribution in [3.8, 4) is 0 Å². The largest absolute Gasteiger partial charge is 0.317 e. The maximum atomic E-state index is 11.6. The fourth-order valence-corrected chi connectivity index (χ4v) is 3.73. The third kappa shape index (κ3) is 3.31. The molecule has 0 bridgehead atoms. The molecular formula is C9H19ClN2O2S. The summed E-state index contributed by atoms with van der Waals surface area (Å²) in [5.74, 6) is 0. The lowest BCUT2D eigenvalue weighted by Crippen LogP contribution is -2.46. The van der Waals surface area contributed by atoms with Gasteiger partial charge in [0.05, 0.1) is 6.26 Å². The summed E-state index contributed by atoms with van der Waals surface area (Å²) in [7, 11) is -3.00. The van der Waals surface area contributed by atoms with E-state index in [1.807, 2.05) is 0 Å². The minimum absolute atomic E-state index is 0. The highest BCUT2D eigenvalue weighted by Crippen LogP contribution is 2.32. The van der Waals surface area contributed by atoms with E-state index in [2.05, 4.69) is 5.32 Å². The van der Waals surface area contributed by atoms with Crippen LogP contribution in [0.2, 0.25) is 0 Å². The maximum Gasteiger partial charge on any atom is 0.211 e. The van der Waals surface area contributed by atoms with Crippen molar-refractivity contribution >= 4 is 22.4 Å². The highest BCUT2D eigenvalue weighted by atomic mass is 35.5. The third-order valence-corrected chi connectivity index (χ3v) is 4.32. The second-order valence-electron chi connectivity index (χ2n) is 4.31. The maximum absolute atomic E-state index is 11.6. The molecule has 1 saturated carbocycles. The number of piperidine rings is 1. The van der Waals surface area contributed by atoms with E-state index in [1.54, 1.807) is 4.31 Å². The summed E-state index contributed by atoms with van der Waals surface area (Å²) >= 11 is 0. The molecule has 4 nitrogen and oxygen atoms in total. The van der Waals surface area contributed by atoms with Gasteiger partial charge in [-0.15, -0.1) is 12.4 Å². The second-order valence-corrected chi connectivity index (χ2v) is 6.19. The number of hydrogen-bond donors (Lipinski definition) is 1. The zero-order valence-corrected chi connectivity index (χ0v) is 10.6. The molecule has 0 radical (unpaired) electrons. The molecule has 1 heterocycles. The number of halogens is 1. The fourth-order valence-electron chi connectivity index (χ4n) is 2.23. The van der Waals surface area contributed by atoms with Crippen molar-refractivity contribution in [2.75, 3.05) is 19.3 Å². The summed E-state index contributed by atoms with van der Waals surface area (Å²) < 4.78 is 25.0. The Hall–Kier alpha value is 0.160. The van der Waals surface area contributed by atoms with Crippen LogP contribution in [0.3, 0.4) is 0 Å². The Morgan fingerprint density at radius 2 is 1.53 bits per heavy atom. The number of sulfonamides is 1. The molecular weight excluding hydrogens is 236 g/mol. The average Bonchev–Trinajstić information content (AvgIpc) is 2.88. The molecule has 0 aromatic carbocycles. The van der Waals surface area contributed by atoms with Gasteiger partial charge < -0.3 is 5.32 Å². The van der Waals surface area contributed by atoms with Gasteiger partial charge in [0.15, 0.2) is 0 Å². The molecule has 1 N–H and O–H groups in total. The van der Waals surface area contributed by atoms with Crippen LogP contribution in [-0.2, 0) is 10.0 Å². The van der Waals surface area contributed by atoms with Crippen molar-refractivity contribution in [1.82, 2.24) is 9.62 Å². The van der Waals surface area contributed by atoms with E-state index in [1.165, 1.54) is 6.26 Å². The van der Waals surface area contributed by atoms with Gasteiger partial charge in [-0.25, -0.2) is 8.42 Å². The summed E-state index contributed by atoms with van der Waals surface area (Å²) in [5.41, 5.74) is 0. The van der Waals surface area contributed by atoms with Crippen LogP contribution in [0.15, 0.2) is 0 Å². The predicted octanol–water partition coefficient (Wildman–Crippen LogP) is 0.584. The lowest BCUT2D eigenvalue weighted by molar-refractivity contribution is 0.257. The lowest BCUT2D eigenvalue weighted by atomic mass is 10.1. The summed E-state index contributed by atoms with van der Waals surface area (Å²) in [4.78, 5) is 0. The summed E-state index contributed by atoms with van der Waals surface area (Å²) in [5, 5.41) is 3.26. The lowest BCUT2D eigenvalue weighted by Gasteiger charge is -2.32. The topological polar surface area (TPSA) is 49.4 Å². The third-order valence-electron chi connectivity index (χ3n) is 2.96. The minimum Gasteiger partial charge on any atom is -0.317 e. The SMILES string of the molecule is CS(=O)(=O)N(C1CCNCC1)C1CC1.Cl. The van der Waals surface area contributed by atoms with Crippen molar-refractivity contribution in [3.05, 3.63) is 0 Å². The molecule has 0 amide bonds. The number of nitrogens with zero attached hydrogens (tertiary/aromatic N) is 1. The highest BCUT2D eigenvalue weighted by Gasteiger charge is 2.39. The Balaban J connectivity index is 0.00000112. The first-order valence-corrected chi connectivity index (χ1v) is 7.13. The Morgan fingerprint density at radius 3 is 1.93 bits per heavy atom. The molecule has 0 aromatic heterocycles. The molecule has 1 aliphatic heterocycles. The molecule has 0 atom stereocenters. The summed E-state index contributed by atoms with van der Waals surface area (Å²) in [6, 6.07) is 0.562. The number of nitrogens with one attached hydrogen (secondary N) is 1. The first-order valence-electron chi connectivity index (χ1n) is 5.28. The smallest absolute Gasteiger partial charge is 0.211 e. The van der Waals surface area contributed by atoms with Crippen LogP contribution in [0, 0.1) is 0 Å². The second kappa shape index (κ2) is 4.99. The Kier molecular flexibility index (Phi) is 4.40. The molecule has 2 fully saturated rings. The molecule has 6 heteroatoms. The van der Waals surface area contributed by atoms with Crippen molar-refractivity contribution in [2.24, 2.45) is 0 Å². The molecule has 0 unspecified atom stereocenters. The van der Waals surface area contributed by atoms with Gasteiger partial charge in [0.1, 0.15) is 0 Å². The van der Waals surface area contributed by atoms with E-state index in [0.717, 1.165) is 38.8 Å². The fraction of sp³-hybridized carbons (Fsp3) is 1.00. The van der Waals surface area contributed by atoms with Crippen molar-refractivity contribution in [1.29, 1.82) is 0 Å². The predicted molar refractivity (Wildman–Crippen MR) is 62.8 cm³/mol. The highest BCUT2D eigenvalue weighted by molar-refractivity contribution is 7.88. The number of hydrogen-bond acceptors (Lipinski definition) is 3. The molecule has 0 aromatic rings. The van der Waals surface area contributed by atoms with Crippen LogP contribution in [0.25, 0.3) is 0 Å². The summed E-state index contributed by atoms with van der Waals surface area (Å²) in [6.07, 6.45) is 5.37. The monoisotopic (exact) mass is 254 g/mol. The quantitative estimate of drug-likeness (QED) is 0.802. The van der Waals surface area contributed by atoms with Crippen LogP contribution >= 0.6 is 12.4 Å². The van der Waals surface area contributed by atoms with Gasteiger partial charge in [-0.05, 0) is 38.8 Å². The molecule has 2 rings (SSSR count). The number of rotatable bonds is 3. The first-order chi connectivity index (χ1) is 6.59. The van der Waals surface area contributed by atoms with E-state index in [4.69, 9.17) is 0 Å². The molecule has 1 aliphatic carbocycles. The van der Waals surface area contributed by atoms with E-state index in [0.29, 0.717) is 6.04 Å². The van der Waals surface area contributed by atoms with Gasteiger partial charge in [0.25, 0.3) is 0 Å². The van der Waals surface area contributed by atoms with Gasteiger partial charge in [0, 0.05) is 12.1 Å². The van der Waals surface area contributed by atoms with E-state index < -0.39 is 10.0 Å². The normalized spacial score (nSPS) is 23.9. The van der Waals surface area contributed by atoms with Gasteiger partial charge >= 0.3 is 0 Å². The molecule has 90 valence electrons. The first kappa shape index (κ1) is 13.2. The summed E-state index contributed by atoms with van der Waals surface area (Å²) in [6.45, 7) is 1.90. The molecule has 2 aliphatic rings. The van der Waals surface area contributed by atoms with Crippen LogP contribution < -0.4 is 5.32 Å².